The number of carbonyl (C=O) groups excluding carboxylic acids is 1. The fraction of sp³-hybridized carbons (Fsp3) is 0.350. The molecule has 0 aliphatic carbocycles. The van der Waals surface area contributed by atoms with Crippen molar-refractivity contribution in [1.29, 1.82) is 0 Å². The Morgan fingerprint density at radius 2 is 1.88 bits per heavy atom. The fourth-order valence-corrected chi connectivity index (χ4v) is 3.40. The summed E-state index contributed by atoms with van der Waals surface area (Å²) in [4.78, 5) is 12.4. The molecule has 0 saturated carbocycles. The van der Waals surface area contributed by atoms with Crippen molar-refractivity contribution in [1.82, 2.24) is 0 Å². The SMILES string of the molecule is CCc1cc(C)c(OCc2c(OC)cccc2SC(C)=O)cc1C. The molecule has 3 nitrogen and oxygen atoms in total. The van der Waals surface area contributed by atoms with Gasteiger partial charge in [-0.25, -0.2) is 0 Å². The summed E-state index contributed by atoms with van der Waals surface area (Å²) in [5.41, 5.74) is 4.59. The molecule has 0 N–H and O–H groups in total. The van der Waals surface area contributed by atoms with Crippen molar-refractivity contribution in [3.8, 4) is 11.5 Å². The van der Waals surface area contributed by atoms with Gasteiger partial charge in [-0.2, -0.15) is 0 Å². The Bertz CT molecular complexity index is 738. The molecule has 0 fully saturated rings. The predicted molar refractivity (Wildman–Crippen MR) is 99.2 cm³/mol. The third-order valence-electron chi connectivity index (χ3n) is 3.95. The molecule has 0 bridgehead atoms. The molecule has 0 aliphatic heterocycles. The van der Waals surface area contributed by atoms with E-state index in [1.807, 2.05) is 18.2 Å². The smallest absolute Gasteiger partial charge is 0.190 e. The standard InChI is InChI=1S/C20H24O3S/c1-6-16-10-14(3)19(11-13(16)2)23-12-17-18(22-5)8-7-9-20(17)24-15(4)21/h7-11H,6,12H2,1-5H3. The lowest BCUT2D eigenvalue weighted by molar-refractivity contribution is -0.109. The van der Waals surface area contributed by atoms with Crippen molar-refractivity contribution in [2.75, 3.05) is 7.11 Å². The minimum atomic E-state index is 0.0452. The maximum absolute atomic E-state index is 11.5. The molecular formula is C20H24O3S. The molecule has 24 heavy (non-hydrogen) atoms. The normalized spacial score (nSPS) is 10.5. The molecule has 0 atom stereocenters. The fourth-order valence-electron chi connectivity index (χ4n) is 2.67. The molecule has 0 saturated heterocycles. The first-order valence-corrected chi connectivity index (χ1v) is 8.85. The number of hydrogen-bond donors (Lipinski definition) is 0. The number of benzene rings is 2. The molecule has 0 aliphatic rings. The average molecular weight is 344 g/mol. The van der Waals surface area contributed by atoms with Crippen molar-refractivity contribution >= 4 is 16.9 Å². The number of hydrogen-bond acceptors (Lipinski definition) is 4. The Hall–Kier alpha value is -1.94. The maximum atomic E-state index is 11.5. The minimum absolute atomic E-state index is 0.0452. The van der Waals surface area contributed by atoms with Crippen LogP contribution in [-0.2, 0) is 17.8 Å². The van der Waals surface area contributed by atoms with Crippen LogP contribution >= 0.6 is 11.8 Å². The van der Waals surface area contributed by atoms with Crippen LogP contribution in [0, 0.1) is 13.8 Å². The largest absolute Gasteiger partial charge is 0.496 e. The van der Waals surface area contributed by atoms with E-state index >= 15 is 0 Å². The Morgan fingerprint density at radius 1 is 1.12 bits per heavy atom. The van der Waals surface area contributed by atoms with Crippen LogP contribution in [0.3, 0.4) is 0 Å². The summed E-state index contributed by atoms with van der Waals surface area (Å²) >= 11 is 1.20. The molecule has 0 aromatic heterocycles. The second-order valence-electron chi connectivity index (χ2n) is 5.72. The quantitative estimate of drug-likeness (QED) is 0.684. The highest BCUT2D eigenvalue weighted by Gasteiger charge is 2.13. The topological polar surface area (TPSA) is 35.5 Å². The van der Waals surface area contributed by atoms with Gasteiger partial charge < -0.3 is 9.47 Å². The van der Waals surface area contributed by atoms with Crippen molar-refractivity contribution in [3.63, 3.8) is 0 Å². The molecule has 2 aromatic carbocycles. The van der Waals surface area contributed by atoms with Gasteiger partial charge in [-0.1, -0.05) is 30.8 Å². The zero-order chi connectivity index (χ0) is 17.7. The van der Waals surface area contributed by atoms with E-state index in [-0.39, 0.29) is 5.12 Å². The number of carbonyl (C=O) groups is 1. The van der Waals surface area contributed by atoms with E-state index in [0.29, 0.717) is 6.61 Å². The lowest BCUT2D eigenvalue weighted by Crippen LogP contribution is -2.03. The molecular weight excluding hydrogens is 320 g/mol. The van der Waals surface area contributed by atoms with E-state index < -0.39 is 0 Å². The summed E-state index contributed by atoms with van der Waals surface area (Å²) in [6.45, 7) is 8.24. The summed E-state index contributed by atoms with van der Waals surface area (Å²) in [5.74, 6) is 1.61. The molecule has 2 aromatic rings. The highest BCUT2D eigenvalue weighted by molar-refractivity contribution is 8.13. The summed E-state index contributed by atoms with van der Waals surface area (Å²) in [5, 5.41) is 0.0452. The van der Waals surface area contributed by atoms with Crippen LogP contribution in [0.15, 0.2) is 35.2 Å². The van der Waals surface area contributed by atoms with E-state index in [2.05, 4.69) is 32.9 Å². The second kappa shape index (κ2) is 8.25. The van der Waals surface area contributed by atoms with Gasteiger partial charge in [-0.05, 0) is 55.2 Å². The van der Waals surface area contributed by atoms with Gasteiger partial charge in [0.15, 0.2) is 5.12 Å². The number of rotatable bonds is 6. The van der Waals surface area contributed by atoms with E-state index in [0.717, 1.165) is 33.9 Å². The third kappa shape index (κ3) is 4.32. The number of methoxy groups -OCH3 is 1. The Labute approximate surface area is 148 Å². The first kappa shape index (κ1) is 18.4. The van der Waals surface area contributed by atoms with Crippen LogP contribution in [0.1, 0.15) is 36.1 Å². The van der Waals surface area contributed by atoms with E-state index in [1.165, 1.54) is 22.9 Å². The van der Waals surface area contributed by atoms with E-state index in [9.17, 15) is 4.79 Å². The highest BCUT2D eigenvalue weighted by atomic mass is 32.2. The van der Waals surface area contributed by atoms with Gasteiger partial charge in [0.05, 0.1) is 7.11 Å². The molecule has 0 spiro atoms. The van der Waals surface area contributed by atoms with Crippen LogP contribution in [0.5, 0.6) is 11.5 Å². The molecule has 0 amide bonds. The third-order valence-corrected chi connectivity index (χ3v) is 4.84. The summed E-state index contributed by atoms with van der Waals surface area (Å²) in [7, 11) is 1.63. The van der Waals surface area contributed by atoms with Gasteiger partial charge in [0, 0.05) is 17.4 Å². The zero-order valence-electron chi connectivity index (χ0n) is 14.9. The van der Waals surface area contributed by atoms with Crippen molar-refractivity contribution in [3.05, 3.63) is 52.6 Å². The summed E-state index contributed by atoms with van der Waals surface area (Å²) in [6.07, 6.45) is 1.01. The second-order valence-corrected chi connectivity index (χ2v) is 6.94. The number of thioether (sulfide) groups is 1. The summed E-state index contributed by atoms with van der Waals surface area (Å²) < 4.78 is 11.5. The van der Waals surface area contributed by atoms with E-state index in [4.69, 9.17) is 9.47 Å². The van der Waals surface area contributed by atoms with Crippen LogP contribution in [0.2, 0.25) is 0 Å². The minimum Gasteiger partial charge on any atom is -0.496 e. The average Bonchev–Trinajstić information content (AvgIpc) is 2.55. The van der Waals surface area contributed by atoms with Crippen molar-refractivity contribution in [2.24, 2.45) is 0 Å². The monoisotopic (exact) mass is 344 g/mol. The Kier molecular flexibility index (Phi) is 6.32. The Morgan fingerprint density at radius 3 is 2.50 bits per heavy atom. The van der Waals surface area contributed by atoms with Gasteiger partial charge in [0.1, 0.15) is 18.1 Å². The molecule has 0 radical (unpaired) electrons. The van der Waals surface area contributed by atoms with Gasteiger partial charge in [0.25, 0.3) is 0 Å². The lowest BCUT2D eigenvalue weighted by Gasteiger charge is -2.16. The number of aryl methyl sites for hydroxylation is 3. The molecule has 2 rings (SSSR count). The number of ether oxygens (including phenoxy) is 2. The molecule has 0 unspecified atom stereocenters. The first-order chi connectivity index (χ1) is 11.5. The summed E-state index contributed by atoms with van der Waals surface area (Å²) in [6, 6.07) is 9.96. The first-order valence-electron chi connectivity index (χ1n) is 8.03. The highest BCUT2D eigenvalue weighted by Crippen LogP contribution is 2.32. The molecule has 4 heteroatoms. The zero-order valence-corrected chi connectivity index (χ0v) is 15.8. The predicted octanol–water partition coefficient (Wildman–Crippen LogP) is 5.09. The van der Waals surface area contributed by atoms with Gasteiger partial charge >= 0.3 is 0 Å². The lowest BCUT2D eigenvalue weighted by atomic mass is 10.0. The maximum Gasteiger partial charge on any atom is 0.190 e. The van der Waals surface area contributed by atoms with E-state index in [1.54, 1.807) is 14.0 Å². The van der Waals surface area contributed by atoms with Crippen LogP contribution in [0.25, 0.3) is 0 Å². The Balaban J connectivity index is 2.28. The van der Waals surface area contributed by atoms with Crippen LogP contribution < -0.4 is 9.47 Å². The van der Waals surface area contributed by atoms with Crippen molar-refractivity contribution < 1.29 is 14.3 Å². The van der Waals surface area contributed by atoms with Crippen LogP contribution in [-0.4, -0.2) is 12.2 Å². The van der Waals surface area contributed by atoms with Crippen molar-refractivity contribution in [2.45, 2.75) is 45.6 Å². The van der Waals surface area contributed by atoms with Gasteiger partial charge in [-0.3, -0.25) is 4.79 Å². The molecule has 0 heterocycles. The van der Waals surface area contributed by atoms with Gasteiger partial charge in [0.2, 0.25) is 0 Å². The molecule has 128 valence electrons. The van der Waals surface area contributed by atoms with Gasteiger partial charge in [-0.15, -0.1) is 0 Å². The van der Waals surface area contributed by atoms with Crippen LogP contribution in [0.4, 0.5) is 0 Å².